The van der Waals surface area contributed by atoms with Crippen LogP contribution in [0.3, 0.4) is 0 Å². The number of ether oxygens (including phenoxy) is 6. The van der Waals surface area contributed by atoms with Gasteiger partial charge in [0.2, 0.25) is 0 Å². The number of methoxy groups -OCH3 is 2. The number of fused-ring (bicyclic) bond motifs is 4. The first-order valence-electron chi connectivity index (χ1n) is 29.3. The number of aliphatic imine (C=N–C) groups is 1. The number of carbonyl (C=O) groups excluding carboxylic acids is 8. The number of nitrogens with one attached hydrogen (secondary N) is 4. The van der Waals surface area contributed by atoms with Crippen LogP contribution in [0.5, 0.6) is 23.0 Å². The topological polar surface area (TPSA) is 286 Å². The Labute approximate surface area is 511 Å². The van der Waals surface area contributed by atoms with Crippen LogP contribution in [0, 0.1) is 5.92 Å². The number of anilines is 2. The van der Waals surface area contributed by atoms with Crippen molar-refractivity contribution in [3.8, 4) is 23.0 Å². The molecule has 0 aromatic heterocycles. The fraction of sp³-hybridized carbons (Fsp3) is 0.460. The van der Waals surface area contributed by atoms with E-state index in [2.05, 4.69) is 39.4 Å². The first-order chi connectivity index (χ1) is 41.9. The Kier molecular flexibility index (Phi) is 19.3. The molecule has 6 aliphatic rings. The minimum absolute atomic E-state index is 0.00904. The van der Waals surface area contributed by atoms with Gasteiger partial charge < -0.3 is 38.6 Å². The predicted molar refractivity (Wildman–Crippen MR) is 327 cm³/mol. The Morgan fingerprint density at radius 3 is 2.14 bits per heavy atom. The zero-order valence-corrected chi connectivity index (χ0v) is 50.9. The van der Waals surface area contributed by atoms with Gasteiger partial charge in [-0.25, -0.2) is 9.69 Å². The summed E-state index contributed by atoms with van der Waals surface area (Å²) in [6.07, 6.45) is 3.43. The number of rotatable bonds is 26. The average molecular weight is 1210 g/mol. The molecule has 0 saturated carbocycles. The fourth-order valence-corrected chi connectivity index (χ4v) is 11.0. The minimum Gasteiger partial charge on any atom is -0.493 e. The molecule has 0 spiro atoms. The maximum absolute atomic E-state index is 14.3. The maximum atomic E-state index is 14.3. The predicted octanol–water partition coefficient (Wildman–Crippen LogP) is 4.98. The second kappa shape index (κ2) is 26.6. The van der Waals surface area contributed by atoms with E-state index in [9.17, 15) is 43.5 Å². The Bertz CT molecular complexity index is 3380. The van der Waals surface area contributed by atoms with E-state index in [0.29, 0.717) is 72.0 Å². The smallest absolute Gasteiger partial charge is 0.257 e. The molecule has 6 atom stereocenters. The van der Waals surface area contributed by atoms with Gasteiger partial charge in [-0.2, -0.15) is 0 Å². The molecule has 466 valence electrons. The van der Waals surface area contributed by atoms with Crippen LogP contribution in [0.4, 0.5) is 21.9 Å². The molecule has 2 saturated heterocycles. The summed E-state index contributed by atoms with van der Waals surface area (Å²) >= 11 is 0. The molecule has 24 nitrogen and oxygen atoms in total. The van der Waals surface area contributed by atoms with E-state index in [-0.39, 0.29) is 110 Å². The van der Waals surface area contributed by atoms with Crippen LogP contribution in [0.1, 0.15) is 99.9 Å². The van der Waals surface area contributed by atoms with Gasteiger partial charge in [-0.1, -0.05) is 24.3 Å². The van der Waals surface area contributed by atoms with Crippen molar-refractivity contribution in [2.45, 2.75) is 122 Å². The van der Waals surface area contributed by atoms with E-state index in [0.717, 1.165) is 21.0 Å². The molecule has 5 N–H and O–H groups in total. The van der Waals surface area contributed by atoms with E-state index in [1.54, 1.807) is 54.4 Å². The van der Waals surface area contributed by atoms with Gasteiger partial charge in [-0.3, -0.25) is 24.2 Å². The molecule has 88 heavy (non-hydrogen) atoms. The summed E-state index contributed by atoms with van der Waals surface area (Å²) in [5.41, 5.74) is 3.74. The van der Waals surface area contributed by atoms with Gasteiger partial charge in [0, 0.05) is 50.0 Å². The monoisotopic (exact) mass is 1210 g/mol. The largest absolute Gasteiger partial charge is 0.493 e. The van der Waals surface area contributed by atoms with E-state index in [1.807, 2.05) is 41.5 Å². The summed E-state index contributed by atoms with van der Waals surface area (Å²) in [4.78, 5) is 115. The quantitative estimate of drug-likeness (QED) is 0.0306. The van der Waals surface area contributed by atoms with E-state index in [1.165, 1.54) is 43.4 Å². The minimum atomic E-state index is -1.55. The van der Waals surface area contributed by atoms with Crippen LogP contribution in [0.2, 0.25) is 5.31 Å². The molecule has 3 aromatic carbocycles. The van der Waals surface area contributed by atoms with E-state index >= 15 is 0 Å². The molecule has 25 heteroatoms. The summed E-state index contributed by atoms with van der Waals surface area (Å²) in [5.74, 6) is -1.66. The number of hydrogen-bond donors (Lipinski definition) is 5. The molecular weight excluding hydrogens is 1130 g/mol. The van der Waals surface area contributed by atoms with Gasteiger partial charge in [-0.05, 0) is 25.0 Å². The van der Waals surface area contributed by atoms with Crippen LogP contribution in [0.25, 0.3) is 0 Å². The van der Waals surface area contributed by atoms with Crippen molar-refractivity contribution < 1.29 is 71.9 Å². The van der Waals surface area contributed by atoms with Gasteiger partial charge in [0.1, 0.15) is 6.61 Å². The molecule has 6 aliphatic heterocycles. The van der Waals surface area contributed by atoms with E-state index < -0.39 is 59.7 Å². The average Bonchev–Trinajstić information content (AvgIpc) is 1.93. The number of imide groups is 1. The van der Waals surface area contributed by atoms with Crippen LogP contribution in [0.15, 0.2) is 90.0 Å². The zero-order valence-electron chi connectivity index (χ0n) is 50.9. The molecule has 0 bridgehead atoms. The number of benzene rings is 3. The third-order valence-electron chi connectivity index (χ3n) is 16.3. The zero-order chi connectivity index (χ0) is 63.4. The first kappa shape index (κ1) is 63.7. The first-order valence-corrected chi connectivity index (χ1v) is 29.3. The molecule has 3 unspecified atom stereocenters. The molecule has 2 fully saturated rings. The van der Waals surface area contributed by atoms with Crippen molar-refractivity contribution in [3.05, 3.63) is 102 Å². The summed E-state index contributed by atoms with van der Waals surface area (Å²) < 4.78 is 35.6. The number of aliphatic hydroxyl groups is 1. The SMILES string of the molecule is C=C1CC2C=Nc3cc(OCCCOc4cc5c(cc4OC)C(=O)N4CC(=C)C[C@H]4C(O)N5C(=O)OCc4ccc(NC(=O)[C@H](C)NC(=O)[C@@H](NC5=BC5(C)CCOC(C)(C)CNC(=O)CCN5C(=O)C=CC5=O)C(C)C)cc4)c(OC)cc3C(=O)N2C1. The van der Waals surface area contributed by atoms with Crippen molar-refractivity contribution in [2.75, 3.05) is 70.4 Å². The van der Waals surface area contributed by atoms with E-state index in [4.69, 9.17) is 28.4 Å². The summed E-state index contributed by atoms with van der Waals surface area (Å²) in [6.45, 7) is 22.4. The van der Waals surface area contributed by atoms with Crippen LogP contribution < -0.4 is 45.1 Å². The second-order valence-electron chi connectivity index (χ2n) is 23.9. The van der Waals surface area contributed by atoms with Crippen LogP contribution in [-0.2, 0) is 40.1 Å². The molecule has 0 radical (unpaired) electrons. The van der Waals surface area contributed by atoms with Gasteiger partial charge in [-0.15, -0.1) is 0 Å². The number of nitrogens with zero attached hydrogens (tertiary/aromatic N) is 5. The Morgan fingerprint density at radius 2 is 1.47 bits per heavy atom. The molecule has 3 aromatic rings. The molecule has 6 heterocycles. The van der Waals surface area contributed by atoms with Crippen molar-refractivity contribution in [1.82, 2.24) is 30.7 Å². The van der Waals surface area contributed by atoms with Gasteiger partial charge in [0.15, 0.2) is 29.2 Å². The summed E-state index contributed by atoms with van der Waals surface area (Å²) in [5, 5.41) is 23.4. The van der Waals surface area contributed by atoms with Crippen LogP contribution >= 0.6 is 0 Å². The Morgan fingerprint density at radius 1 is 0.830 bits per heavy atom. The van der Waals surface area contributed by atoms with Crippen molar-refractivity contribution in [1.29, 1.82) is 0 Å². The third-order valence-corrected chi connectivity index (χ3v) is 16.3. The summed E-state index contributed by atoms with van der Waals surface area (Å²) in [6, 6.07) is 10.2. The molecule has 9 rings (SSSR count). The number of hydrogen-bond acceptors (Lipinski definition) is 17. The third kappa shape index (κ3) is 14.4. The number of aliphatic hydroxyl groups excluding tert-OH is 1. The van der Waals surface area contributed by atoms with Gasteiger partial charge in [0.25, 0.3) is 11.8 Å². The van der Waals surface area contributed by atoms with Crippen LogP contribution in [-0.4, -0.2) is 182 Å². The van der Waals surface area contributed by atoms with Gasteiger partial charge >= 0.3 is 232 Å². The number of carbonyl (C=O) groups is 8. The molecular formula is C63H76BN9O15. The molecule has 0 aliphatic carbocycles. The maximum Gasteiger partial charge on any atom is 0.257 e. The Hall–Kier alpha value is -8.84. The normalized spacial score (nSPS) is 20.7. The van der Waals surface area contributed by atoms with Crippen molar-refractivity contribution >= 4 is 83.2 Å². The number of amides is 8. The molecule has 8 amide bonds. The van der Waals surface area contributed by atoms with Crippen molar-refractivity contribution in [3.63, 3.8) is 0 Å². The second-order valence-corrected chi connectivity index (χ2v) is 23.9. The van der Waals surface area contributed by atoms with Gasteiger partial charge in [0.05, 0.1) is 62.0 Å². The Balaban J connectivity index is 0.753. The standard InChI is InChI=1S/C63H76BN9O15/c1-35(2)54(69-60-63(8,64-60)19-23-88-62(6,7)34-66-51(74)18-20-70-52(75)16-17-53(70)76)56(78)67-38(5)55(77)68-40-14-12-39(13-15-40)33-87-61(82)73-45-29-50(48(84-10)27-43(45)58(80)72-32-37(4)25-46(72)59(73)81)86-22-11-21-85-49-28-44-42(26-47(49)83-9)57(79)71-31-36(3)24-41(71)30-65-44/h12-17,26-30,35,38,41,46,54,59,69,81H,3-4,11,18-25,31-34H2,1-2,5-10H3,(H,66,74)(H,67,78)(H,68,77)/t38-,41?,46-,54-,59?,63?/m0/s1. The van der Waals surface area contributed by atoms with Crippen molar-refractivity contribution in [2.24, 2.45) is 10.9 Å². The summed E-state index contributed by atoms with van der Waals surface area (Å²) in [7, 11) is 2.91. The fourth-order valence-electron chi connectivity index (χ4n) is 11.0.